The number of benzene rings is 2. The summed E-state index contributed by atoms with van der Waals surface area (Å²) in [6, 6.07) is 11.2. The van der Waals surface area contributed by atoms with Gasteiger partial charge in [-0.1, -0.05) is 12.1 Å². The maximum Gasteiger partial charge on any atom is 0.256 e. The molecule has 0 unspecified atom stereocenters. The summed E-state index contributed by atoms with van der Waals surface area (Å²) >= 11 is 1.52. The molecular formula is C26H25FN4O4S2. The number of aryl methyl sites for hydroxylation is 1. The Balaban J connectivity index is 1.36. The second kappa shape index (κ2) is 9.64. The molecule has 0 saturated carbocycles. The Morgan fingerprint density at radius 1 is 1.11 bits per heavy atom. The number of anilines is 1. The number of para-hydroxylation sites is 2. The first-order chi connectivity index (χ1) is 17.9. The number of aromatic nitrogens is 2. The van der Waals surface area contributed by atoms with Crippen molar-refractivity contribution in [2.75, 3.05) is 31.6 Å². The lowest BCUT2D eigenvalue weighted by atomic mass is 9.95. The number of amides is 1. The Labute approximate surface area is 217 Å². The predicted molar refractivity (Wildman–Crippen MR) is 140 cm³/mol. The van der Waals surface area contributed by atoms with Gasteiger partial charge in [0.1, 0.15) is 21.5 Å². The summed E-state index contributed by atoms with van der Waals surface area (Å²) in [6.45, 7) is 0.767. The molecule has 4 aromatic rings. The Morgan fingerprint density at radius 3 is 2.70 bits per heavy atom. The third-order valence-electron chi connectivity index (χ3n) is 6.81. The SMILES string of the molecule is O=C(Nc1sc2c(c1-c1nc3ccccc3[nH]1)CCCC2)c1ccc(F)c(S(=O)(=O)N2CCOCC2)c1. The van der Waals surface area contributed by atoms with Crippen molar-refractivity contribution in [2.45, 2.75) is 30.6 Å². The van der Waals surface area contributed by atoms with Gasteiger partial charge in [0.15, 0.2) is 0 Å². The molecule has 3 heterocycles. The number of imidazole rings is 1. The number of thiophene rings is 1. The van der Waals surface area contributed by atoms with Gasteiger partial charge in [-0.25, -0.2) is 17.8 Å². The van der Waals surface area contributed by atoms with Crippen molar-refractivity contribution in [1.29, 1.82) is 0 Å². The number of rotatable bonds is 5. The Kier molecular flexibility index (Phi) is 6.31. The van der Waals surface area contributed by atoms with Crippen LogP contribution in [0.1, 0.15) is 33.6 Å². The second-order valence-corrected chi connectivity index (χ2v) is 12.1. The average molecular weight is 541 g/mol. The van der Waals surface area contributed by atoms with Crippen LogP contribution in [0.2, 0.25) is 0 Å². The summed E-state index contributed by atoms with van der Waals surface area (Å²) in [4.78, 5) is 22.2. The highest BCUT2D eigenvalue weighted by Gasteiger charge is 2.30. The lowest BCUT2D eigenvalue weighted by molar-refractivity contribution is 0.0729. The van der Waals surface area contributed by atoms with Crippen LogP contribution >= 0.6 is 11.3 Å². The largest absolute Gasteiger partial charge is 0.379 e. The number of morpholine rings is 1. The summed E-state index contributed by atoms with van der Waals surface area (Å²) in [5.41, 5.74) is 3.85. The maximum atomic E-state index is 14.7. The number of sulfonamides is 1. The minimum absolute atomic E-state index is 0.0650. The summed E-state index contributed by atoms with van der Waals surface area (Å²) in [5.74, 6) is -0.711. The van der Waals surface area contributed by atoms with Crippen molar-refractivity contribution in [3.63, 3.8) is 0 Å². The Morgan fingerprint density at radius 2 is 1.89 bits per heavy atom. The van der Waals surface area contributed by atoms with E-state index in [-0.39, 0.29) is 31.9 Å². The topological polar surface area (TPSA) is 104 Å². The van der Waals surface area contributed by atoms with E-state index in [9.17, 15) is 17.6 Å². The van der Waals surface area contributed by atoms with Gasteiger partial charge in [0.2, 0.25) is 10.0 Å². The number of carbonyl (C=O) groups is 1. The summed E-state index contributed by atoms with van der Waals surface area (Å²) in [6.07, 6.45) is 3.97. The second-order valence-electron chi connectivity index (χ2n) is 9.13. The zero-order chi connectivity index (χ0) is 25.6. The molecule has 2 aromatic carbocycles. The Hall–Kier alpha value is -3.12. The van der Waals surface area contributed by atoms with E-state index in [0.717, 1.165) is 54.4 Å². The van der Waals surface area contributed by atoms with E-state index in [1.54, 1.807) is 0 Å². The third-order valence-corrected chi connectivity index (χ3v) is 9.93. The van der Waals surface area contributed by atoms with Crippen molar-refractivity contribution in [2.24, 2.45) is 0 Å². The Bertz CT molecular complexity index is 1570. The summed E-state index contributed by atoms with van der Waals surface area (Å²) < 4.78 is 47.3. The van der Waals surface area contributed by atoms with Crippen LogP contribution in [0.15, 0.2) is 47.4 Å². The number of carbonyl (C=O) groups excluding carboxylic acids is 1. The molecule has 11 heteroatoms. The number of nitrogens with zero attached hydrogens (tertiary/aromatic N) is 2. The van der Waals surface area contributed by atoms with Crippen molar-refractivity contribution >= 4 is 43.3 Å². The molecular weight excluding hydrogens is 515 g/mol. The first-order valence-electron chi connectivity index (χ1n) is 12.2. The quantitative estimate of drug-likeness (QED) is 0.386. The molecule has 0 atom stereocenters. The smallest absolute Gasteiger partial charge is 0.256 e. The minimum Gasteiger partial charge on any atom is -0.379 e. The van der Waals surface area contributed by atoms with E-state index in [0.29, 0.717) is 10.8 Å². The van der Waals surface area contributed by atoms with Crippen LogP contribution in [-0.2, 0) is 27.6 Å². The molecule has 1 aliphatic heterocycles. The molecule has 1 aliphatic carbocycles. The zero-order valence-corrected chi connectivity index (χ0v) is 21.6. The van der Waals surface area contributed by atoms with Crippen molar-refractivity contribution in [1.82, 2.24) is 14.3 Å². The van der Waals surface area contributed by atoms with E-state index in [2.05, 4.69) is 10.3 Å². The van der Waals surface area contributed by atoms with E-state index >= 15 is 0 Å². The number of aromatic amines is 1. The molecule has 1 saturated heterocycles. The number of hydrogen-bond acceptors (Lipinski definition) is 6. The standard InChI is InChI=1S/C26H25FN4O4S2/c27-18-10-9-16(15-22(18)37(33,34)31-11-13-35-14-12-31)25(32)30-26-23(17-5-1-4-8-21(17)36-26)24-28-19-6-2-3-7-20(19)29-24/h2-3,6-7,9-10,15H,1,4-5,8,11-14H2,(H,28,29)(H,30,32). The van der Waals surface area contributed by atoms with Crippen molar-refractivity contribution in [3.8, 4) is 11.4 Å². The van der Waals surface area contributed by atoms with E-state index in [1.165, 1.54) is 32.1 Å². The van der Waals surface area contributed by atoms with Gasteiger partial charge in [-0.05, 0) is 61.6 Å². The monoisotopic (exact) mass is 540 g/mol. The van der Waals surface area contributed by atoms with Crippen LogP contribution in [0.25, 0.3) is 22.4 Å². The maximum absolute atomic E-state index is 14.7. The highest BCUT2D eigenvalue weighted by Crippen LogP contribution is 2.44. The fourth-order valence-electron chi connectivity index (χ4n) is 4.92. The lowest BCUT2D eigenvalue weighted by Gasteiger charge is -2.26. The van der Waals surface area contributed by atoms with Gasteiger partial charge in [-0.3, -0.25) is 4.79 Å². The van der Waals surface area contributed by atoms with Gasteiger partial charge in [0, 0.05) is 23.5 Å². The van der Waals surface area contributed by atoms with Gasteiger partial charge in [0.25, 0.3) is 5.91 Å². The molecule has 8 nitrogen and oxygen atoms in total. The molecule has 2 aromatic heterocycles. The molecule has 1 fully saturated rings. The highest BCUT2D eigenvalue weighted by atomic mass is 32.2. The first kappa shape index (κ1) is 24.2. The van der Waals surface area contributed by atoms with Gasteiger partial charge >= 0.3 is 0 Å². The highest BCUT2D eigenvalue weighted by molar-refractivity contribution is 7.89. The third kappa shape index (κ3) is 4.46. The molecule has 192 valence electrons. The van der Waals surface area contributed by atoms with Crippen LogP contribution < -0.4 is 5.32 Å². The lowest BCUT2D eigenvalue weighted by Crippen LogP contribution is -2.41. The van der Waals surface area contributed by atoms with Gasteiger partial charge in [-0.15, -0.1) is 11.3 Å². The molecule has 2 N–H and O–H groups in total. The molecule has 0 bridgehead atoms. The van der Waals surface area contributed by atoms with E-state index in [4.69, 9.17) is 9.72 Å². The number of hydrogen-bond donors (Lipinski definition) is 2. The van der Waals surface area contributed by atoms with E-state index in [1.807, 2.05) is 24.3 Å². The molecule has 6 rings (SSSR count). The van der Waals surface area contributed by atoms with Crippen LogP contribution in [0.4, 0.5) is 9.39 Å². The minimum atomic E-state index is -4.10. The average Bonchev–Trinajstić information content (AvgIpc) is 3.50. The van der Waals surface area contributed by atoms with Crippen LogP contribution in [0.5, 0.6) is 0 Å². The van der Waals surface area contributed by atoms with Gasteiger partial charge in [-0.2, -0.15) is 4.31 Å². The van der Waals surface area contributed by atoms with E-state index < -0.39 is 26.6 Å². The number of nitrogens with one attached hydrogen (secondary N) is 2. The normalized spacial score (nSPS) is 16.6. The number of halogens is 1. The van der Waals surface area contributed by atoms with Crippen LogP contribution in [0, 0.1) is 5.82 Å². The predicted octanol–water partition coefficient (Wildman–Crippen LogP) is 4.58. The molecule has 1 amide bonds. The first-order valence-corrected chi connectivity index (χ1v) is 14.5. The van der Waals surface area contributed by atoms with Crippen LogP contribution in [-0.4, -0.2) is 54.9 Å². The number of fused-ring (bicyclic) bond motifs is 2. The summed E-state index contributed by atoms with van der Waals surface area (Å²) in [5, 5.41) is 3.62. The fourth-order valence-corrected chi connectivity index (χ4v) is 7.70. The fraction of sp³-hybridized carbons (Fsp3) is 0.308. The number of H-pyrrole nitrogens is 1. The number of ether oxygens (including phenoxy) is 1. The molecule has 2 aliphatic rings. The van der Waals surface area contributed by atoms with Gasteiger partial charge < -0.3 is 15.0 Å². The van der Waals surface area contributed by atoms with Crippen molar-refractivity contribution < 1.29 is 22.3 Å². The van der Waals surface area contributed by atoms with Crippen molar-refractivity contribution in [3.05, 3.63) is 64.3 Å². The zero-order valence-electron chi connectivity index (χ0n) is 19.9. The molecule has 0 spiro atoms. The van der Waals surface area contributed by atoms with Gasteiger partial charge in [0.05, 0.1) is 29.8 Å². The molecule has 37 heavy (non-hydrogen) atoms. The summed E-state index contributed by atoms with van der Waals surface area (Å²) in [7, 11) is -4.10. The van der Waals surface area contributed by atoms with Crippen LogP contribution in [0.3, 0.4) is 0 Å². The molecule has 0 radical (unpaired) electrons.